The van der Waals surface area contributed by atoms with E-state index in [4.69, 9.17) is 34.8 Å². The second kappa shape index (κ2) is 11.9. The summed E-state index contributed by atoms with van der Waals surface area (Å²) in [5, 5.41) is 4.42. The summed E-state index contributed by atoms with van der Waals surface area (Å²) in [6.07, 6.45) is 0.446. The minimum atomic E-state index is -0.731. The quantitative estimate of drug-likeness (QED) is 0.350. The van der Waals surface area contributed by atoms with Gasteiger partial charge < -0.3 is 10.2 Å². The molecule has 35 heavy (non-hydrogen) atoms. The average Bonchev–Trinajstić information content (AvgIpc) is 2.78. The van der Waals surface area contributed by atoms with Gasteiger partial charge in [0.05, 0.1) is 16.5 Å². The Bertz CT molecular complexity index is 1180. The number of halogens is 3. The first-order valence-corrected chi connectivity index (χ1v) is 12.5. The summed E-state index contributed by atoms with van der Waals surface area (Å²) in [5.41, 5.74) is 2.05. The Balaban J connectivity index is 2.00. The number of nitrogens with one attached hydrogen (secondary N) is 1. The Kier molecular flexibility index (Phi) is 9.23. The Hall–Kier alpha value is -2.53. The molecular formula is C28H29Cl3N2O2. The fourth-order valence-electron chi connectivity index (χ4n) is 3.76. The van der Waals surface area contributed by atoms with Crippen molar-refractivity contribution >= 4 is 46.6 Å². The first kappa shape index (κ1) is 27.1. The molecule has 3 aromatic carbocycles. The monoisotopic (exact) mass is 530 g/mol. The summed E-state index contributed by atoms with van der Waals surface area (Å²) in [4.78, 5) is 28.9. The highest BCUT2D eigenvalue weighted by molar-refractivity contribution is 6.42. The van der Waals surface area contributed by atoms with Gasteiger partial charge in [-0.1, -0.05) is 83.3 Å². The number of nitrogens with zero attached hydrogens (tertiary/aromatic N) is 1. The zero-order chi connectivity index (χ0) is 25.6. The fraction of sp³-hybridized carbons (Fsp3) is 0.286. The number of hydrogen-bond donors (Lipinski definition) is 1. The van der Waals surface area contributed by atoms with Crippen LogP contribution in [0.4, 0.5) is 0 Å². The van der Waals surface area contributed by atoms with E-state index in [1.807, 2.05) is 69.3 Å². The third-order valence-electron chi connectivity index (χ3n) is 5.35. The standard InChI is InChI=1S/C28H29Cl3N2O2/c1-28(2,3)32-27(35)25(16-19-8-5-4-6-9-19)33(18-21-10-7-11-22(29)14-21)26(34)17-20-12-13-23(30)24(31)15-20/h4-15,25H,16-18H2,1-3H3,(H,32,35)/t25-/m1/s1. The normalized spacial score (nSPS) is 12.2. The number of amides is 2. The predicted octanol–water partition coefficient (Wildman–Crippen LogP) is 6.74. The van der Waals surface area contributed by atoms with Gasteiger partial charge in [0.15, 0.2) is 0 Å². The molecule has 0 fully saturated rings. The van der Waals surface area contributed by atoms with Gasteiger partial charge in [0, 0.05) is 23.5 Å². The van der Waals surface area contributed by atoms with Crippen LogP contribution in [0.2, 0.25) is 15.1 Å². The van der Waals surface area contributed by atoms with Crippen LogP contribution in [0.25, 0.3) is 0 Å². The predicted molar refractivity (Wildman–Crippen MR) is 144 cm³/mol. The van der Waals surface area contributed by atoms with E-state index in [1.165, 1.54) is 0 Å². The highest BCUT2D eigenvalue weighted by atomic mass is 35.5. The molecule has 0 heterocycles. The Labute approximate surface area is 222 Å². The molecule has 0 aromatic heterocycles. The highest BCUT2D eigenvalue weighted by Crippen LogP contribution is 2.24. The molecule has 0 saturated carbocycles. The van der Waals surface area contributed by atoms with Crippen LogP contribution in [0, 0.1) is 0 Å². The summed E-state index contributed by atoms with van der Waals surface area (Å²) in [7, 11) is 0. The first-order chi connectivity index (χ1) is 16.5. The zero-order valence-corrected chi connectivity index (χ0v) is 22.3. The molecule has 0 spiro atoms. The van der Waals surface area contributed by atoms with Crippen molar-refractivity contribution in [3.63, 3.8) is 0 Å². The molecule has 3 rings (SSSR count). The van der Waals surface area contributed by atoms with E-state index in [2.05, 4.69) is 5.32 Å². The van der Waals surface area contributed by atoms with Gasteiger partial charge in [-0.15, -0.1) is 0 Å². The van der Waals surface area contributed by atoms with E-state index in [1.54, 1.807) is 29.2 Å². The lowest BCUT2D eigenvalue weighted by atomic mass is 10.00. The van der Waals surface area contributed by atoms with Gasteiger partial charge in [0.2, 0.25) is 11.8 Å². The topological polar surface area (TPSA) is 49.4 Å². The lowest BCUT2D eigenvalue weighted by molar-refractivity contribution is -0.141. The molecule has 0 bridgehead atoms. The number of carbonyl (C=O) groups is 2. The van der Waals surface area contributed by atoms with Crippen LogP contribution in [0.5, 0.6) is 0 Å². The summed E-state index contributed by atoms with van der Waals surface area (Å²) >= 11 is 18.5. The molecule has 7 heteroatoms. The molecule has 4 nitrogen and oxygen atoms in total. The van der Waals surface area contributed by atoms with Gasteiger partial charge in [-0.2, -0.15) is 0 Å². The summed E-state index contributed by atoms with van der Waals surface area (Å²) in [6.45, 7) is 5.99. The summed E-state index contributed by atoms with van der Waals surface area (Å²) < 4.78 is 0. The van der Waals surface area contributed by atoms with Gasteiger partial charge in [0.25, 0.3) is 0 Å². The van der Waals surface area contributed by atoms with Gasteiger partial charge in [-0.25, -0.2) is 0 Å². The number of rotatable bonds is 8. The molecule has 0 saturated heterocycles. The van der Waals surface area contributed by atoms with E-state index < -0.39 is 11.6 Å². The maximum absolute atomic E-state index is 13.7. The highest BCUT2D eigenvalue weighted by Gasteiger charge is 2.32. The second-order valence-corrected chi connectivity index (χ2v) is 10.8. The van der Waals surface area contributed by atoms with E-state index in [0.717, 1.165) is 16.7 Å². The van der Waals surface area contributed by atoms with Crippen LogP contribution >= 0.6 is 34.8 Å². The third-order valence-corrected chi connectivity index (χ3v) is 6.32. The van der Waals surface area contributed by atoms with Crippen LogP contribution < -0.4 is 5.32 Å². The van der Waals surface area contributed by atoms with Crippen LogP contribution in [-0.4, -0.2) is 28.3 Å². The van der Waals surface area contributed by atoms with E-state index >= 15 is 0 Å². The smallest absolute Gasteiger partial charge is 0.243 e. The summed E-state index contributed by atoms with van der Waals surface area (Å²) in [6, 6.07) is 21.4. The SMILES string of the molecule is CC(C)(C)NC(=O)[C@@H](Cc1ccccc1)N(Cc1cccc(Cl)c1)C(=O)Cc1ccc(Cl)c(Cl)c1. The Morgan fingerprint density at radius 3 is 2.14 bits per heavy atom. The van der Waals surface area contributed by atoms with Crippen LogP contribution in [0.3, 0.4) is 0 Å². The van der Waals surface area contributed by atoms with E-state index in [-0.39, 0.29) is 24.8 Å². The Morgan fingerprint density at radius 1 is 0.829 bits per heavy atom. The Morgan fingerprint density at radius 2 is 1.51 bits per heavy atom. The average molecular weight is 532 g/mol. The van der Waals surface area contributed by atoms with Crippen molar-refractivity contribution in [2.45, 2.75) is 51.7 Å². The van der Waals surface area contributed by atoms with Crippen molar-refractivity contribution < 1.29 is 9.59 Å². The molecular weight excluding hydrogens is 503 g/mol. The zero-order valence-electron chi connectivity index (χ0n) is 20.0. The molecule has 1 atom stereocenters. The van der Waals surface area contributed by atoms with E-state index in [9.17, 15) is 9.59 Å². The minimum absolute atomic E-state index is 0.0749. The fourth-order valence-corrected chi connectivity index (χ4v) is 4.30. The molecule has 1 N–H and O–H groups in total. The molecule has 184 valence electrons. The van der Waals surface area contributed by atoms with Crippen LogP contribution in [0.15, 0.2) is 72.8 Å². The lowest BCUT2D eigenvalue weighted by Crippen LogP contribution is -2.54. The first-order valence-electron chi connectivity index (χ1n) is 11.4. The second-order valence-electron chi connectivity index (χ2n) is 9.52. The molecule has 0 unspecified atom stereocenters. The van der Waals surface area contributed by atoms with Gasteiger partial charge in [-0.05, 0) is 61.7 Å². The van der Waals surface area contributed by atoms with Crippen LogP contribution in [0.1, 0.15) is 37.5 Å². The van der Waals surface area contributed by atoms with Crippen molar-refractivity contribution in [3.8, 4) is 0 Å². The number of hydrogen-bond acceptors (Lipinski definition) is 2. The lowest BCUT2D eigenvalue weighted by Gasteiger charge is -2.34. The molecule has 2 amide bonds. The summed E-state index contributed by atoms with van der Waals surface area (Å²) in [5.74, 6) is -0.417. The maximum atomic E-state index is 13.7. The van der Waals surface area contributed by atoms with Gasteiger partial charge in [-0.3, -0.25) is 9.59 Å². The third kappa shape index (κ3) is 8.28. The molecule has 3 aromatic rings. The van der Waals surface area contributed by atoms with Crippen molar-refractivity contribution in [3.05, 3.63) is 105 Å². The number of benzene rings is 3. The van der Waals surface area contributed by atoms with Crippen LogP contribution in [-0.2, 0) is 29.0 Å². The minimum Gasteiger partial charge on any atom is -0.350 e. The number of carbonyl (C=O) groups excluding carboxylic acids is 2. The molecule has 0 radical (unpaired) electrons. The maximum Gasteiger partial charge on any atom is 0.243 e. The molecule has 0 aliphatic carbocycles. The van der Waals surface area contributed by atoms with Gasteiger partial charge in [0.1, 0.15) is 6.04 Å². The van der Waals surface area contributed by atoms with Crippen molar-refractivity contribution in [1.29, 1.82) is 0 Å². The van der Waals surface area contributed by atoms with Crippen molar-refractivity contribution in [2.75, 3.05) is 0 Å². The molecule has 0 aliphatic rings. The van der Waals surface area contributed by atoms with Crippen molar-refractivity contribution in [2.24, 2.45) is 0 Å². The van der Waals surface area contributed by atoms with Gasteiger partial charge >= 0.3 is 0 Å². The van der Waals surface area contributed by atoms with Crippen molar-refractivity contribution in [1.82, 2.24) is 10.2 Å². The largest absolute Gasteiger partial charge is 0.350 e. The van der Waals surface area contributed by atoms with E-state index in [0.29, 0.717) is 21.5 Å². The molecule has 0 aliphatic heterocycles.